The molecule has 0 aromatic rings. The number of hydrogen-bond donors (Lipinski definition) is 4. The molecule has 0 spiro atoms. The Morgan fingerprint density at radius 1 is 1.57 bits per heavy atom. The zero-order valence-electron chi connectivity index (χ0n) is 7.64. The first-order valence-corrected chi connectivity index (χ1v) is 4.48. The second-order valence-corrected chi connectivity index (χ2v) is 2.83. The van der Waals surface area contributed by atoms with E-state index in [9.17, 15) is 9.59 Å². The van der Waals surface area contributed by atoms with Crippen LogP contribution in [0.5, 0.6) is 0 Å². The molecule has 82 valence electrons. The summed E-state index contributed by atoms with van der Waals surface area (Å²) in [6, 6.07) is -0.919. The molecule has 7 heteroatoms. The average molecular weight is 223 g/mol. The molecule has 0 heterocycles. The van der Waals surface area contributed by atoms with Crippen LogP contribution >= 0.6 is 12.6 Å². The second-order valence-electron chi connectivity index (χ2n) is 2.47. The lowest BCUT2D eigenvalue weighted by atomic mass is 10.3. The Balaban J connectivity index is 4.18. The van der Waals surface area contributed by atoms with Crippen LogP contribution in [0.25, 0.3) is 0 Å². The van der Waals surface area contributed by atoms with Gasteiger partial charge < -0.3 is 20.3 Å². The highest BCUT2D eigenvalue weighted by molar-refractivity contribution is 7.80. The van der Waals surface area contributed by atoms with Gasteiger partial charge in [-0.25, -0.2) is 4.79 Å². The van der Waals surface area contributed by atoms with Crippen LogP contribution in [0, 0.1) is 0 Å². The minimum atomic E-state index is -1.54. The van der Waals surface area contributed by atoms with Crippen LogP contribution < -0.4 is 5.32 Å². The van der Waals surface area contributed by atoms with Gasteiger partial charge in [0.1, 0.15) is 6.04 Å². The molecule has 0 rings (SSSR count). The summed E-state index contributed by atoms with van der Waals surface area (Å²) in [4.78, 5) is 22.0. The molecular weight excluding hydrogens is 210 g/mol. The van der Waals surface area contributed by atoms with Crippen molar-refractivity contribution in [2.24, 2.45) is 0 Å². The Kier molecular flexibility index (Phi) is 6.26. The third-order valence-electron chi connectivity index (χ3n) is 1.46. The number of hydrogen-bond acceptors (Lipinski definition) is 6. The maximum atomic E-state index is 11.0. The molecule has 1 amide bonds. The standard InChI is InChI=1S/C7H13NO5S/c1-13-7(12)4(3-14)8-6(11)5(10)2-9/h4-5,9-10,14H,2-3H2,1H3,(H,8,11)/t4-,5-/m0/s1. The van der Waals surface area contributed by atoms with Gasteiger partial charge in [-0.05, 0) is 0 Å². The van der Waals surface area contributed by atoms with Crippen molar-refractivity contribution in [1.82, 2.24) is 5.32 Å². The van der Waals surface area contributed by atoms with Crippen LogP contribution in [0.4, 0.5) is 0 Å². The van der Waals surface area contributed by atoms with E-state index in [1.165, 1.54) is 7.11 Å². The molecule has 0 aliphatic heterocycles. The van der Waals surface area contributed by atoms with Crippen molar-refractivity contribution in [2.45, 2.75) is 12.1 Å². The SMILES string of the molecule is COC(=O)[C@H](CS)NC(=O)[C@@H](O)CO. The fourth-order valence-corrected chi connectivity index (χ4v) is 0.913. The van der Waals surface area contributed by atoms with Crippen LogP contribution in [0.3, 0.4) is 0 Å². The maximum absolute atomic E-state index is 11.0. The number of esters is 1. The zero-order valence-corrected chi connectivity index (χ0v) is 8.53. The van der Waals surface area contributed by atoms with E-state index >= 15 is 0 Å². The molecule has 3 N–H and O–H groups in total. The monoisotopic (exact) mass is 223 g/mol. The number of aliphatic hydroxyl groups is 2. The molecule has 0 fully saturated rings. The highest BCUT2D eigenvalue weighted by atomic mass is 32.1. The summed E-state index contributed by atoms with van der Waals surface area (Å²) >= 11 is 3.82. The van der Waals surface area contributed by atoms with Crippen molar-refractivity contribution in [3.8, 4) is 0 Å². The Hall–Kier alpha value is -0.790. The van der Waals surface area contributed by atoms with Crippen LogP contribution in [-0.4, -0.2) is 53.7 Å². The van der Waals surface area contributed by atoms with E-state index < -0.39 is 30.6 Å². The number of nitrogens with one attached hydrogen (secondary N) is 1. The van der Waals surface area contributed by atoms with Crippen LogP contribution in [0.1, 0.15) is 0 Å². The van der Waals surface area contributed by atoms with Gasteiger partial charge in [0.15, 0.2) is 6.10 Å². The first kappa shape index (κ1) is 13.2. The van der Waals surface area contributed by atoms with Gasteiger partial charge in [-0.2, -0.15) is 12.6 Å². The van der Waals surface area contributed by atoms with E-state index in [2.05, 4.69) is 22.7 Å². The predicted octanol–water partition coefficient (Wildman–Crippen LogP) is -2.07. The third-order valence-corrected chi connectivity index (χ3v) is 1.83. The topological polar surface area (TPSA) is 95.9 Å². The quantitative estimate of drug-likeness (QED) is 0.317. The first-order valence-electron chi connectivity index (χ1n) is 3.84. The Bertz CT molecular complexity index is 210. The molecular formula is C7H13NO5S. The summed E-state index contributed by atoms with van der Waals surface area (Å²) in [5.74, 6) is -1.44. The first-order chi connectivity index (χ1) is 6.56. The van der Waals surface area contributed by atoms with Gasteiger partial charge in [0.25, 0.3) is 5.91 Å². The zero-order chi connectivity index (χ0) is 11.1. The molecule has 0 aromatic heterocycles. The summed E-state index contributed by atoms with van der Waals surface area (Å²) in [5.41, 5.74) is 0. The van der Waals surface area contributed by atoms with Gasteiger partial charge in [-0.15, -0.1) is 0 Å². The minimum Gasteiger partial charge on any atom is -0.467 e. The summed E-state index contributed by atoms with van der Waals surface area (Å²) < 4.78 is 4.37. The van der Waals surface area contributed by atoms with Gasteiger partial charge in [-0.1, -0.05) is 0 Å². The number of carbonyl (C=O) groups is 2. The van der Waals surface area contributed by atoms with Crippen molar-refractivity contribution in [1.29, 1.82) is 0 Å². The van der Waals surface area contributed by atoms with Crippen LogP contribution in [-0.2, 0) is 14.3 Å². The fourth-order valence-electron chi connectivity index (χ4n) is 0.672. The average Bonchev–Trinajstić information content (AvgIpc) is 2.22. The molecule has 0 saturated carbocycles. The Labute approximate surface area is 86.7 Å². The molecule has 6 nitrogen and oxygen atoms in total. The third kappa shape index (κ3) is 3.95. The molecule has 2 atom stereocenters. The van der Waals surface area contributed by atoms with E-state index in [0.29, 0.717) is 0 Å². The molecule has 0 aromatic carbocycles. The second kappa shape index (κ2) is 6.63. The normalized spacial score (nSPS) is 14.3. The summed E-state index contributed by atoms with van der Waals surface area (Å²) in [6.07, 6.45) is -1.54. The van der Waals surface area contributed by atoms with Crippen molar-refractivity contribution in [2.75, 3.05) is 19.5 Å². The van der Waals surface area contributed by atoms with Gasteiger partial charge >= 0.3 is 5.97 Å². The molecule has 0 aliphatic carbocycles. The number of aliphatic hydroxyl groups excluding tert-OH is 2. The van der Waals surface area contributed by atoms with Crippen molar-refractivity contribution < 1.29 is 24.5 Å². The van der Waals surface area contributed by atoms with E-state index in [-0.39, 0.29) is 5.75 Å². The molecule has 0 saturated heterocycles. The van der Waals surface area contributed by atoms with E-state index in [1.54, 1.807) is 0 Å². The number of thiol groups is 1. The minimum absolute atomic E-state index is 0.0521. The van der Waals surface area contributed by atoms with Crippen molar-refractivity contribution >= 4 is 24.5 Å². The van der Waals surface area contributed by atoms with Gasteiger partial charge in [0.05, 0.1) is 13.7 Å². The van der Waals surface area contributed by atoms with Gasteiger partial charge in [-0.3, -0.25) is 4.79 Å². The molecule has 14 heavy (non-hydrogen) atoms. The lowest BCUT2D eigenvalue weighted by molar-refractivity contribution is -0.146. The lowest BCUT2D eigenvalue weighted by Gasteiger charge is -2.15. The fraction of sp³-hybridized carbons (Fsp3) is 0.714. The number of ether oxygens (including phenoxy) is 1. The Morgan fingerprint density at radius 3 is 2.50 bits per heavy atom. The predicted molar refractivity (Wildman–Crippen MR) is 50.9 cm³/mol. The van der Waals surface area contributed by atoms with E-state index in [1.807, 2.05) is 0 Å². The summed E-state index contributed by atoms with van der Waals surface area (Å²) in [6.45, 7) is -0.702. The highest BCUT2D eigenvalue weighted by Gasteiger charge is 2.23. The molecule has 0 bridgehead atoms. The number of amides is 1. The van der Waals surface area contributed by atoms with Gasteiger partial charge in [0, 0.05) is 5.75 Å². The van der Waals surface area contributed by atoms with Crippen molar-refractivity contribution in [3.63, 3.8) is 0 Å². The molecule has 0 aliphatic rings. The Morgan fingerprint density at radius 2 is 2.14 bits per heavy atom. The van der Waals surface area contributed by atoms with Gasteiger partial charge in [0.2, 0.25) is 0 Å². The van der Waals surface area contributed by atoms with Crippen LogP contribution in [0.2, 0.25) is 0 Å². The van der Waals surface area contributed by atoms with E-state index in [0.717, 1.165) is 0 Å². The smallest absolute Gasteiger partial charge is 0.329 e. The maximum Gasteiger partial charge on any atom is 0.329 e. The highest BCUT2D eigenvalue weighted by Crippen LogP contribution is 1.93. The number of carbonyl (C=O) groups excluding carboxylic acids is 2. The largest absolute Gasteiger partial charge is 0.467 e. The summed E-state index contributed by atoms with van der Waals surface area (Å²) in [5, 5.41) is 19.5. The molecule has 0 unspecified atom stereocenters. The molecule has 0 radical (unpaired) electrons. The number of methoxy groups -OCH3 is 1. The van der Waals surface area contributed by atoms with E-state index in [4.69, 9.17) is 10.2 Å². The van der Waals surface area contributed by atoms with Crippen LogP contribution in [0.15, 0.2) is 0 Å². The number of rotatable bonds is 5. The lowest BCUT2D eigenvalue weighted by Crippen LogP contribution is -2.47. The summed E-state index contributed by atoms with van der Waals surface area (Å²) in [7, 11) is 1.17. The van der Waals surface area contributed by atoms with Crippen molar-refractivity contribution in [3.05, 3.63) is 0 Å².